The number of hydrogen-bond donors (Lipinski definition) is 0. The Labute approximate surface area is 167 Å². The third-order valence-electron chi connectivity index (χ3n) is 4.88. The lowest BCUT2D eigenvalue weighted by Crippen LogP contribution is -2.48. The summed E-state index contributed by atoms with van der Waals surface area (Å²) in [5.41, 5.74) is 2.92. The lowest BCUT2D eigenvalue weighted by Gasteiger charge is -2.33. The highest BCUT2D eigenvalue weighted by Crippen LogP contribution is 2.19. The molecule has 0 saturated carbocycles. The summed E-state index contributed by atoms with van der Waals surface area (Å²) in [7, 11) is 0. The normalized spacial score (nSPS) is 15.1. The Morgan fingerprint density at radius 1 is 1.18 bits per heavy atom. The molecule has 0 bridgehead atoms. The Bertz CT molecular complexity index is 944. The predicted octanol–water partition coefficient (Wildman–Crippen LogP) is 2.42. The minimum atomic E-state index is 0.0333. The van der Waals surface area contributed by atoms with Crippen molar-refractivity contribution in [3.8, 4) is 11.4 Å². The van der Waals surface area contributed by atoms with Crippen LogP contribution in [0.1, 0.15) is 33.7 Å². The van der Waals surface area contributed by atoms with E-state index in [-0.39, 0.29) is 5.91 Å². The molecule has 0 aliphatic carbocycles. The van der Waals surface area contributed by atoms with E-state index in [1.165, 1.54) is 17.1 Å². The molecule has 1 amide bonds. The quantitative estimate of drug-likeness (QED) is 0.652. The van der Waals surface area contributed by atoms with Crippen LogP contribution in [0.5, 0.6) is 0 Å². The van der Waals surface area contributed by atoms with E-state index < -0.39 is 0 Å². The molecule has 1 fully saturated rings. The summed E-state index contributed by atoms with van der Waals surface area (Å²) in [6, 6.07) is 8.05. The highest BCUT2D eigenvalue weighted by Gasteiger charge is 2.26. The molecule has 0 atom stereocenters. The van der Waals surface area contributed by atoms with Gasteiger partial charge in [-0.1, -0.05) is 46.4 Å². The number of amides is 1. The zero-order valence-corrected chi connectivity index (χ0v) is 16.8. The Kier molecular flexibility index (Phi) is 5.45. The average molecular weight is 398 g/mol. The Morgan fingerprint density at radius 2 is 1.93 bits per heavy atom. The second kappa shape index (κ2) is 8.15. The van der Waals surface area contributed by atoms with Gasteiger partial charge in [-0.05, 0) is 24.9 Å². The van der Waals surface area contributed by atoms with E-state index in [9.17, 15) is 4.79 Å². The van der Waals surface area contributed by atoms with E-state index in [0.29, 0.717) is 36.2 Å². The summed E-state index contributed by atoms with van der Waals surface area (Å²) in [6.45, 7) is 7.48. The first kappa shape index (κ1) is 18.7. The summed E-state index contributed by atoms with van der Waals surface area (Å²) in [5.74, 6) is 1.23. The summed E-state index contributed by atoms with van der Waals surface area (Å²) in [4.78, 5) is 22.0. The van der Waals surface area contributed by atoms with Crippen LogP contribution in [0.2, 0.25) is 0 Å². The van der Waals surface area contributed by atoms with Crippen molar-refractivity contribution in [1.82, 2.24) is 29.5 Å². The van der Waals surface area contributed by atoms with Gasteiger partial charge in [-0.15, -0.1) is 5.10 Å². The standard InChI is InChI=1S/C19H22N6O2S/c1-3-15-17(28-23-21-15)19(26)25-10-8-24(9-11-25)12-16-20-18(22-27-16)14-6-4-13(2)5-7-14/h4-7H,3,8-12H2,1-2H3. The number of rotatable bonds is 5. The van der Waals surface area contributed by atoms with Crippen LogP contribution in [0.3, 0.4) is 0 Å². The maximum absolute atomic E-state index is 12.7. The fourth-order valence-electron chi connectivity index (χ4n) is 3.19. The molecule has 0 unspecified atom stereocenters. The molecule has 3 heterocycles. The summed E-state index contributed by atoms with van der Waals surface area (Å²) >= 11 is 1.18. The summed E-state index contributed by atoms with van der Waals surface area (Å²) in [6.07, 6.45) is 0.720. The third-order valence-corrected chi connectivity index (χ3v) is 5.64. The molecule has 0 spiro atoms. The zero-order chi connectivity index (χ0) is 19.5. The van der Waals surface area contributed by atoms with Crippen molar-refractivity contribution in [2.75, 3.05) is 26.2 Å². The minimum absolute atomic E-state index is 0.0333. The van der Waals surface area contributed by atoms with Crippen molar-refractivity contribution in [2.45, 2.75) is 26.8 Å². The van der Waals surface area contributed by atoms with Crippen molar-refractivity contribution < 1.29 is 9.32 Å². The van der Waals surface area contributed by atoms with Gasteiger partial charge in [0.05, 0.1) is 12.2 Å². The van der Waals surface area contributed by atoms with E-state index in [4.69, 9.17) is 4.52 Å². The number of aryl methyl sites for hydroxylation is 2. The molecule has 0 radical (unpaired) electrons. The molecule has 146 valence electrons. The Morgan fingerprint density at radius 3 is 2.64 bits per heavy atom. The third kappa shape index (κ3) is 3.95. The predicted molar refractivity (Wildman–Crippen MR) is 105 cm³/mol. The van der Waals surface area contributed by atoms with E-state index in [2.05, 4.69) is 24.6 Å². The molecule has 1 aliphatic rings. The van der Waals surface area contributed by atoms with Gasteiger partial charge in [-0.2, -0.15) is 4.98 Å². The Balaban J connectivity index is 1.33. The SMILES string of the molecule is CCc1nnsc1C(=O)N1CCN(Cc2nc(-c3ccc(C)cc3)no2)CC1. The van der Waals surface area contributed by atoms with Gasteiger partial charge >= 0.3 is 0 Å². The number of carbonyl (C=O) groups excluding carboxylic acids is 1. The van der Waals surface area contributed by atoms with E-state index >= 15 is 0 Å². The zero-order valence-electron chi connectivity index (χ0n) is 16.0. The lowest BCUT2D eigenvalue weighted by molar-refractivity contribution is 0.0618. The monoisotopic (exact) mass is 398 g/mol. The highest BCUT2D eigenvalue weighted by atomic mass is 32.1. The second-order valence-corrected chi connectivity index (χ2v) is 7.60. The van der Waals surface area contributed by atoms with Gasteiger partial charge in [0.15, 0.2) is 0 Å². The smallest absolute Gasteiger partial charge is 0.267 e. The number of aromatic nitrogens is 4. The topological polar surface area (TPSA) is 88.3 Å². The van der Waals surface area contributed by atoms with Crippen LogP contribution < -0.4 is 0 Å². The van der Waals surface area contributed by atoms with Crippen LogP contribution in [0.25, 0.3) is 11.4 Å². The van der Waals surface area contributed by atoms with Crippen LogP contribution >= 0.6 is 11.5 Å². The number of piperazine rings is 1. The first-order valence-electron chi connectivity index (χ1n) is 9.36. The van der Waals surface area contributed by atoms with Crippen molar-refractivity contribution >= 4 is 17.4 Å². The van der Waals surface area contributed by atoms with Gasteiger partial charge < -0.3 is 9.42 Å². The van der Waals surface area contributed by atoms with E-state index in [0.717, 1.165) is 30.8 Å². The molecule has 1 saturated heterocycles. The van der Waals surface area contributed by atoms with Crippen LogP contribution in [-0.2, 0) is 13.0 Å². The van der Waals surface area contributed by atoms with Crippen molar-refractivity contribution in [3.63, 3.8) is 0 Å². The van der Waals surface area contributed by atoms with E-state index in [1.807, 2.05) is 43.0 Å². The number of benzene rings is 1. The van der Waals surface area contributed by atoms with Crippen molar-refractivity contribution in [3.05, 3.63) is 46.3 Å². The largest absolute Gasteiger partial charge is 0.338 e. The molecular weight excluding hydrogens is 376 g/mol. The average Bonchev–Trinajstić information content (AvgIpc) is 3.38. The molecule has 9 heteroatoms. The number of nitrogens with zero attached hydrogens (tertiary/aromatic N) is 6. The van der Waals surface area contributed by atoms with Crippen molar-refractivity contribution in [1.29, 1.82) is 0 Å². The first-order valence-corrected chi connectivity index (χ1v) is 10.1. The lowest BCUT2D eigenvalue weighted by atomic mass is 10.1. The fraction of sp³-hybridized carbons (Fsp3) is 0.421. The molecule has 3 aromatic rings. The molecule has 2 aromatic heterocycles. The molecule has 1 aliphatic heterocycles. The van der Waals surface area contributed by atoms with Gasteiger partial charge in [-0.25, -0.2) is 0 Å². The molecule has 0 N–H and O–H groups in total. The van der Waals surface area contributed by atoms with Crippen molar-refractivity contribution in [2.24, 2.45) is 0 Å². The molecule has 8 nitrogen and oxygen atoms in total. The second-order valence-electron chi connectivity index (χ2n) is 6.85. The van der Waals surface area contributed by atoms with Crippen LogP contribution in [0.15, 0.2) is 28.8 Å². The highest BCUT2D eigenvalue weighted by molar-refractivity contribution is 7.08. The number of hydrogen-bond acceptors (Lipinski definition) is 8. The van der Waals surface area contributed by atoms with Gasteiger partial charge in [0.2, 0.25) is 11.7 Å². The molecule has 28 heavy (non-hydrogen) atoms. The molecule has 4 rings (SSSR count). The van der Waals surface area contributed by atoms with Gasteiger partial charge in [-0.3, -0.25) is 9.69 Å². The fourth-order valence-corrected chi connectivity index (χ4v) is 3.90. The van der Waals surface area contributed by atoms with Crippen LogP contribution in [0, 0.1) is 6.92 Å². The van der Waals surface area contributed by atoms with E-state index in [1.54, 1.807) is 0 Å². The molecular formula is C19H22N6O2S. The Hall–Kier alpha value is -2.65. The number of carbonyl (C=O) groups is 1. The van der Waals surface area contributed by atoms with Crippen LogP contribution in [-0.4, -0.2) is 61.6 Å². The minimum Gasteiger partial charge on any atom is -0.338 e. The summed E-state index contributed by atoms with van der Waals surface area (Å²) in [5, 5.41) is 8.12. The summed E-state index contributed by atoms with van der Waals surface area (Å²) < 4.78 is 9.34. The van der Waals surface area contributed by atoms with Gasteiger partial charge in [0.25, 0.3) is 5.91 Å². The maximum Gasteiger partial charge on any atom is 0.267 e. The van der Waals surface area contributed by atoms with Crippen LogP contribution in [0.4, 0.5) is 0 Å². The van der Waals surface area contributed by atoms with Gasteiger partial charge in [0.1, 0.15) is 4.88 Å². The molecule has 1 aromatic carbocycles. The first-order chi connectivity index (χ1) is 13.6. The van der Waals surface area contributed by atoms with Gasteiger partial charge in [0, 0.05) is 31.7 Å². The maximum atomic E-state index is 12.7.